The van der Waals surface area contributed by atoms with E-state index in [1.165, 1.54) is 17.9 Å². The highest BCUT2D eigenvalue weighted by molar-refractivity contribution is 5.06. The molecule has 2 aliphatic rings. The molecule has 0 aliphatic carbocycles. The first-order valence-electron chi connectivity index (χ1n) is 6.74. The van der Waals surface area contributed by atoms with Crippen LogP contribution >= 0.6 is 0 Å². The molecule has 0 aromatic carbocycles. The third-order valence-corrected chi connectivity index (χ3v) is 3.78. The average molecular weight is 250 g/mol. The molecule has 1 atom stereocenters. The van der Waals surface area contributed by atoms with E-state index in [1.54, 1.807) is 0 Å². The number of aromatic nitrogens is 2. The van der Waals surface area contributed by atoms with Gasteiger partial charge in [0.2, 0.25) is 0 Å². The summed E-state index contributed by atoms with van der Waals surface area (Å²) in [6.45, 7) is 5.89. The van der Waals surface area contributed by atoms with E-state index >= 15 is 0 Å². The van der Waals surface area contributed by atoms with Gasteiger partial charge in [-0.1, -0.05) is 0 Å². The third kappa shape index (κ3) is 2.43. The summed E-state index contributed by atoms with van der Waals surface area (Å²) >= 11 is 0. The first-order chi connectivity index (χ1) is 8.72. The van der Waals surface area contributed by atoms with Gasteiger partial charge < -0.3 is 14.2 Å². The Morgan fingerprint density at radius 3 is 3.06 bits per heavy atom. The first-order valence-corrected chi connectivity index (χ1v) is 6.74. The van der Waals surface area contributed by atoms with Crippen molar-refractivity contribution in [3.63, 3.8) is 0 Å². The maximum absolute atomic E-state index is 5.48. The fraction of sp³-hybridized carbons (Fsp3) is 0.769. The molecule has 0 spiro atoms. The van der Waals surface area contributed by atoms with Gasteiger partial charge in [0.25, 0.3) is 0 Å². The third-order valence-electron chi connectivity index (χ3n) is 3.78. The highest BCUT2D eigenvalue weighted by Crippen LogP contribution is 2.20. The van der Waals surface area contributed by atoms with Crippen molar-refractivity contribution >= 4 is 0 Å². The zero-order valence-electron chi connectivity index (χ0n) is 11.3. The maximum Gasteiger partial charge on any atom is 0.123 e. The molecular weight excluding hydrogens is 228 g/mol. The molecule has 0 unspecified atom stereocenters. The van der Waals surface area contributed by atoms with Crippen molar-refractivity contribution in [3.8, 4) is 0 Å². The minimum absolute atomic E-state index is 0.604. The Labute approximate surface area is 108 Å². The number of imidazole rings is 1. The van der Waals surface area contributed by atoms with Crippen molar-refractivity contribution in [3.05, 3.63) is 17.7 Å². The fourth-order valence-electron chi connectivity index (χ4n) is 2.85. The van der Waals surface area contributed by atoms with E-state index in [0.717, 1.165) is 39.4 Å². The van der Waals surface area contributed by atoms with Gasteiger partial charge in [-0.25, -0.2) is 4.98 Å². The van der Waals surface area contributed by atoms with Gasteiger partial charge in [-0.05, 0) is 20.5 Å². The molecule has 0 N–H and O–H groups in total. The van der Waals surface area contributed by atoms with Crippen LogP contribution in [0.1, 0.15) is 17.9 Å². The summed E-state index contributed by atoms with van der Waals surface area (Å²) in [7, 11) is 4.17. The standard InChI is InChI=1S/C13H22N4O/c1-15(2)7-11-8-17-5-4-16(9-13(17)14-11)12-3-6-18-10-12/h8,12H,3-7,9-10H2,1-2H3/t12-/m0/s1. The zero-order chi connectivity index (χ0) is 12.5. The largest absolute Gasteiger partial charge is 0.380 e. The molecule has 0 saturated carbocycles. The van der Waals surface area contributed by atoms with Gasteiger partial charge in [-0.2, -0.15) is 0 Å². The molecule has 0 radical (unpaired) electrons. The van der Waals surface area contributed by atoms with Crippen molar-refractivity contribution in [1.29, 1.82) is 0 Å². The summed E-state index contributed by atoms with van der Waals surface area (Å²) in [4.78, 5) is 9.44. The number of ether oxygens (including phenoxy) is 1. The highest BCUT2D eigenvalue weighted by Gasteiger charge is 2.27. The summed E-state index contributed by atoms with van der Waals surface area (Å²) in [5.74, 6) is 1.21. The van der Waals surface area contributed by atoms with Crippen molar-refractivity contribution in [2.45, 2.75) is 32.1 Å². The number of fused-ring (bicyclic) bond motifs is 1. The molecule has 18 heavy (non-hydrogen) atoms. The topological polar surface area (TPSA) is 33.5 Å². The molecule has 100 valence electrons. The van der Waals surface area contributed by atoms with Gasteiger partial charge in [0.05, 0.1) is 18.8 Å². The second kappa shape index (κ2) is 4.99. The normalized spacial score (nSPS) is 24.7. The van der Waals surface area contributed by atoms with E-state index in [-0.39, 0.29) is 0 Å². The van der Waals surface area contributed by atoms with Crippen LogP contribution in [0.25, 0.3) is 0 Å². The van der Waals surface area contributed by atoms with E-state index in [4.69, 9.17) is 9.72 Å². The van der Waals surface area contributed by atoms with E-state index in [1.807, 2.05) is 0 Å². The summed E-state index contributed by atoms with van der Waals surface area (Å²) in [5, 5.41) is 0. The molecule has 3 heterocycles. The van der Waals surface area contributed by atoms with Gasteiger partial charge in [-0.3, -0.25) is 4.90 Å². The van der Waals surface area contributed by atoms with Crippen LogP contribution in [0.4, 0.5) is 0 Å². The van der Waals surface area contributed by atoms with Crippen LogP contribution in [-0.4, -0.2) is 59.2 Å². The Balaban J connectivity index is 1.69. The van der Waals surface area contributed by atoms with Crippen molar-refractivity contribution in [2.75, 3.05) is 33.9 Å². The average Bonchev–Trinajstić information content (AvgIpc) is 2.94. The van der Waals surface area contributed by atoms with Crippen LogP contribution in [0.2, 0.25) is 0 Å². The lowest BCUT2D eigenvalue weighted by Crippen LogP contribution is -2.41. The van der Waals surface area contributed by atoms with Crippen LogP contribution in [0.3, 0.4) is 0 Å². The summed E-state index contributed by atoms with van der Waals surface area (Å²) in [5.41, 5.74) is 1.18. The monoisotopic (exact) mass is 250 g/mol. The minimum Gasteiger partial charge on any atom is -0.380 e. The van der Waals surface area contributed by atoms with Crippen molar-refractivity contribution in [2.24, 2.45) is 0 Å². The molecule has 0 bridgehead atoms. The number of nitrogens with zero attached hydrogens (tertiary/aromatic N) is 4. The quantitative estimate of drug-likeness (QED) is 0.784. The summed E-state index contributed by atoms with van der Waals surface area (Å²) in [6.07, 6.45) is 3.38. The van der Waals surface area contributed by atoms with E-state index in [9.17, 15) is 0 Å². The molecular formula is C13H22N4O. The Hall–Kier alpha value is -0.910. The molecule has 1 saturated heterocycles. The Bertz CT molecular complexity index is 409. The van der Waals surface area contributed by atoms with Crippen molar-refractivity contribution < 1.29 is 4.74 Å². The lowest BCUT2D eigenvalue weighted by Gasteiger charge is -2.31. The van der Waals surface area contributed by atoms with E-state index < -0.39 is 0 Å². The summed E-state index contributed by atoms with van der Waals surface area (Å²) in [6, 6.07) is 0.604. The lowest BCUT2D eigenvalue weighted by atomic mass is 10.2. The molecule has 3 rings (SSSR count). The molecule has 1 fully saturated rings. The molecule has 1 aromatic heterocycles. The SMILES string of the molecule is CN(C)Cc1cn2c(n1)CN([C@H]1CCOC1)CC2. The molecule has 0 amide bonds. The van der Waals surface area contributed by atoms with E-state index in [0.29, 0.717) is 6.04 Å². The molecule has 2 aliphatic heterocycles. The molecule has 5 nitrogen and oxygen atoms in total. The van der Waals surface area contributed by atoms with Crippen LogP contribution in [0.5, 0.6) is 0 Å². The van der Waals surface area contributed by atoms with Gasteiger partial charge in [0.1, 0.15) is 5.82 Å². The van der Waals surface area contributed by atoms with Crippen LogP contribution in [0, 0.1) is 0 Å². The zero-order valence-corrected chi connectivity index (χ0v) is 11.3. The van der Waals surface area contributed by atoms with Crippen LogP contribution in [0.15, 0.2) is 6.20 Å². The fourth-order valence-corrected chi connectivity index (χ4v) is 2.85. The molecule has 5 heteroatoms. The molecule has 1 aromatic rings. The van der Waals surface area contributed by atoms with Crippen LogP contribution < -0.4 is 0 Å². The van der Waals surface area contributed by atoms with Gasteiger partial charge in [0, 0.05) is 38.5 Å². The highest BCUT2D eigenvalue weighted by atomic mass is 16.5. The minimum atomic E-state index is 0.604. The predicted molar refractivity (Wildman–Crippen MR) is 69.3 cm³/mol. The van der Waals surface area contributed by atoms with Crippen molar-refractivity contribution in [1.82, 2.24) is 19.4 Å². The second-order valence-corrected chi connectivity index (χ2v) is 5.57. The smallest absolute Gasteiger partial charge is 0.123 e. The second-order valence-electron chi connectivity index (χ2n) is 5.57. The first kappa shape index (κ1) is 12.1. The van der Waals surface area contributed by atoms with Gasteiger partial charge in [0.15, 0.2) is 0 Å². The predicted octanol–water partition coefficient (Wildman–Crippen LogP) is 0.549. The number of hydrogen-bond acceptors (Lipinski definition) is 4. The maximum atomic E-state index is 5.48. The number of hydrogen-bond donors (Lipinski definition) is 0. The Kier molecular flexibility index (Phi) is 3.37. The Morgan fingerprint density at radius 2 is 2.33 bits per heavy atom. The van der Waals surface area contributed by atoms with Crippen LogP contribution in [-0.2, 0) is 24.4 Å². The van der Waals surface area contributed by atoms with Gasteiger partial charge in [-0.15, -0.1) is 0 Å². The lowest BCUT2D eigenvalue weighted by molar-refractivity contribution is 0.121. The van der Waals surface area contributed by atoms with Gasteiger partial charge >= 0.3 is 0 Å². The summed E-state index contributed by atoms with van der Waals surface area (Å²) < 4.78 is 7.79. The van der Waals surface area contributed by atoms with E-state index in [2.05, 4.69) is 34.7 Å². The Morgan fingerprint density at radius 1 is 1.44 bits per heavy atom. The number of rotatable bonds is 3.